The molecule has 0 radical (unpaired) electrons. The van der Waals surface area contributed by atoms with E-state index >= 15 is 0 Å². The first kappa shape index (κ1) is 18.1. The van der Waals surface area contributed by atoms with Crippen molar-refractivity contribution < 1.29 is 4.79 Å². The Morgan fingerprint density at radius 3 is 2.73 bits per heavy atom. The molecule has 1 heterocycles. The summed E-state index contributed by atoms with van der Waals surface area (Å²) in [5, 5.41) is 10.2. The predicted molar refractivity (Wildman–Crippen MR) is 105 cm³/mol. The summed E-state index contributed by atoms with van der Waals surface area (Å²) in [6, 6.07) is 18.0. The van der Waals surface area contributed by atoms with Gasteiger partial charge in [-0.3, -0.25) is 14.5 Å². The average molecular weight is 366 g/mol. The van der Waals surface area contributed by atoms with Crippen LogP contribution in [0.2, 0.25) is 0 Å². The van der Waals surface area contributed by atoms with Crippen molar-refractivity contribution in [3.8, 4) is 11.4 Å². The van der Waals surface area contributed by atoms with Gasteiger partial charge < -0.3 is 5.32 Å². The molecule has 1 atom stereocenters. The average Bonchev–Trinajstić information content (AvgIpc) is 3.01. The van der Waals surface area contributed by atoms with Gasteiger partial charge in [-0.15, -0.1) is 0 Å². The van der Waals surface area contributed by atoms with Gasteiger partial charge in [0.1, 0.15) is 0 Å². The second-order valence-corrected chi connectivity index (χ2v) is 6.71. The van der Waals surface area contributed by atoms with Crippen LogP contribution in [0.25, 0.3) is 11.4 Å². The number of nitrogens with one attached hydrogen (secondary N) is 2. The van der Waals surface area contributed by atoms with Gasteiger partial charge in [-0.1, -0.05) is 54.1 Å². The zero-order chi connectivity index (χ0) is 18.5. The number of hydrogen-bond donors (Lipinski definition) is 2. The standard InChI is InChI=1S/C20H22N4OS/c1-14-7-6-10-17(13-14)19-22-23-20(26)24(19)12-11-18(25)21-15(2)16-8-4-3-5-9-16/h3-10,13,15H,11-12H2,1-2H3,(H,21,25)(H,23,26)/t15-/m0/s1. The van der Waals surface area contributed by atoms with Crippen LogP contribution in [0.15, 0.2) is 54.6 Å². The first-order valence-corrected chi connectivity index (χ1v) is 9.02. The van der Waals surface area contributed by atoms with Gasteiger partial charge in [0.15, 0.2) is 10.6 Å². The minimum atomic E-state index is -0.0303. The Kier molecular flexibility index (Phi) is 5.63. The van der Waals surface area contributed by atoms with Gasteiger partial charge in [0.2, 0.25) is 5.91 Å². The van der Waals surface area contributed by atoms with Crippen molar-refractivity contribution in [2.75, 3.05) is 0 Å². The molecule has 2 aromatic carbocycles. The van der Waals surface area contributed by atoms with Crippen molar-refractivity contribution in [1.82, 2.24) is 20.1 Å². The van der Waals surface area contributed by atoms with Crippen LogP contribution in [-0.2, 0) is 11.3 Å². The van der Waals surface area contributed by atoms with E-state index in [1.54, 1.807) is 0 Å². The molecule has 0 fully saturated rings. The van der Waals surface area contributed by atoms with Gasteiger partial charge in [-0.05, 0) is 37.7 Å². The van der Waals surface area contributed by atoms with Crippen molar-refractivity contribution in [2.45, 2.75) is 32.9 Å². The molecule has 3 aromatic rings. The summed E-state index contributed by atoms with van der Waals surface area (Å²) < 4.78 is 2.39. The number of hydrogen-bond acceptors (Lipinski definition) is 3. The van der Waals surface area contributed by atoms with Crippen LogP contribution in [0.3, 0.4) is 0 Å². The fourth-order valence-electron chi connectivity index (χ4n) is 2.88. The summed E-state index contributed by atoms with van der Waals surface area (Å²) in [5.74, 6) is 0.738. The number of aromatic nitrogens is 3. The maximum Gasteiger partial charge on any atom is 0.222 e. The second kappa shape index (κ2) is 8.10. The van der Waals surface area contributed by atoms with Crippen LogP contribution >= 0.6 is 12.2 Å². The third-order valence-corrected chi connectivity index (χ3v) is 4.59. The quantitative estimate of drug-likeness (QED) is 0.643. The number of benzene rings is 2. The topological polar surface area (TPSA) is 62.7 Å². The van der Waals surface area contributed by atoms with E-state index in [4.69, 9.17) is 12.2 Å². The molecule has 26 heavy (non-hydrogen) atoms. The Morgan fingerprint density at radius 2 is 2.00 bits per heavy atom. The van der Waals surface area contributed by atoms with E-state index in [2.05, 4.69) is 21.6 Å². The van der Waals surface area contributed by atoms with Crippen molar-refractivity contribution in [3.63, 3.8) is 0 Å². The monoisotopic (exact) mass is 366 g/mol. The van der Waals surface area contributed by atoms with Crippen molar-refractivity contribution in [2.24, 2.45) is 0 Å². The lowest BCUT2D eigenvalue weighted by Crippen LogP contribution is -2.27. The number of rotatable bonds is 6. The first-order valence-electron chi connectivity index (χ1n) is 8.61. The predicted octanol–water partition coefficient (Wildman–Crippen LogP) is 4.18. The third kappa shape index (κ3) is 4.26. The van der Waals surface area contributed by atoms with E-state index in [1.165, 1.54) is 0 Å². The van der Waals surface area contributed by atoms with Gasteiger partial charge >= 0.3 is 0 Å². The summed E-state index contributed by atoms with van der Waals surface area (Å²) in [5.41, 5.74) is 3.22. The number of aromatic amines is 1. The number of nitrogens with zero attached hydrogens (tertiary/aromatic N) is 2. The number of carbonyl (C=O) groups excluding carboxylic acids is 1. The molecule has 0 bridgehead atoms. The zero-order valence-electron chi connectivity index (χ0n) is 14.9. The number of amides is 1. The van der Waals surface area contributed by atoms with E-state index < -0.39 is 0 Å². The molecule has 6 heteroatoms. The van der Waals surface area contributed by atoms with Gasteiger partial charge in [0, 0.05) is 18.5 Å². The Hall–Kier alpha value is -2.73. The lowest BCUT2D eigenvalue weighted by atomic mass is 10.1. The van der Waals surface area contributed by atoms with Gasteiger partial charge in [-0.2, -0.15) is 5.10 Å². The van der Waals surface area contributed by atoms with Crippen LogP contribution in [0, 0.1) is 11.7 Å². The molecule has 0 saturated heterocycles. The maximum absolute atomic E-state index is 12.3. The van der Waals surface area contributed by atoms with Crippen LogP contribution in [0.5, 0.6) is 0 Å². The summed E-state index contributed by atoms with van der Waals surface area (Å²) in [4.78, 5) is 12.3. The first-order chi connectivity index (χ1) is 12.5. The van der Waals surface area contributed by atoms with Crippen LogP contribution < -0.4 is 5.32 Å². The summed E-state index contributed by atoms with van der Waals surface area (Å²) >= 11 is 5.34. The van der Waals surface area contributed by atoms with E-state index in [9.17, 15) is 4.79 Å². The van der Waals surface area contributed by atoms with Gasteiger partial charge in [-0.25, -0.2) is 0 Å². The lowest BCUT2D eigenvalue weighted by Gasteiger charge is -2.14. The third-order valence-electron chi connectivity index (χ3n) is 4.27. The van der Waals surface area contributed by atoms with Crippen molar-refractivity contribution >= 4 is 18.1 Å². The number of H-pyrrole nitrogens is 1. The van der Waals surface area contributed by atoms with E-state index in [0.717, 1.165) is 22.5 Å². The largest absolute Gasteiger partial charge is 0.350 e. The summed E-state index contributed by atoms with van der Waals surface area (Å²) in [6.07, 6.45) is 0.337. The Labute approximate surface area is 158 Å². The smallest absolute Gasteiger partial charge is 0.222 e. The van der Waals surface area contributed by atoms with E-state index in [-0.39, 0.29) is 11.9 Å². The minimum absolute atomic E-state index is 0.0142. The molecular weight excluding hydrogens is 344 g/mol. The molecule has 0 aliphatic heterocycles. The fourth-order valence-corrected chi connectivity index (χ4v) is 3.11. The molecule has 0 aliphatic rings. The Balaban J connectivity index is 1.67. The van der Waals surface area contributed by atoms with E-state index in [1.807, 2.05) is 66.9 Å². The highest BCUT2D eigenvalue weighted by Gasteiger charge is 2.13. The number of carbonyl (C=O) groups is 1. The Morgan fingerprint density at radius 1 is 1.23 bits per heavy atom. The fraction of sp³-hybridized carbons (Fsp3) is 0.250. The highest BCUT2D eigenvalue weighted by atomic mass is 32.1. The number of aryl methyl sites for hydroxylation is 1. The molecule has 0 saturated carbocycles. The van der Waals surface area contributed by atoms with Crippen molar-refractivity contribution in [3.05, 3.63) is 70.5 Å². The van der Waals surface area contributed by atoms with Crippen LogP contribution in [0.1, 0.15) is 30.5 Å². The van der Waals surface area contributed by atoms with E-state index in [0.29, 0.717) is 17.7 Å². The molecule has 0 unspecified atom stereocenters. The zero-order valence-corrected chi connectivity index (χ0v) is 15.7. The molecular formula is C20H22N4OS. The minimum Gasteiger partial charge on any atom is -0.350 e. The molecule has 1 aromatic heterocycles. The highest BCUT2D eigenvalue weighted by molar-refractivity contribution is 7.71. The molecule has 0 aliphatic carbocycles. The summed E-state index contributed by atoms with van der Waals surface area (Å²) in [7, 11) is 0. The summed E-state index contributed by atoms with van der Waals surface area (Å²) in [6.45, 7) is 4.49. The molecule has 1 amide bonds. The molecule has 134 valence electrons. The van der Waals surface area contributed by atoms with Crippen LogP contribution in [0.4, 0.5) is 0 Å². The lowest BCUT2D eigenvalue weighted by molar-refractivity contribution is -0.121. The normalized spacial score (nSPS) is 11.9. The molecule has 2 N–H and O–H groups in total. The molecule has 5 nitrogen and oxygen atoms in total. The molecule has 0 spiro atoms. The van der Waals surface area contributed by atoms with Gasteiger partial charge in [0.05, 0.1) is 6.04 Å². The molecule has 3 rings (SSSR count). The maximum atomic E-state index is 12.3. The van der Waals surface area contributed by atoms with Gasteiger partial charge in [0.25, 0.3) is 0 Å². The highest BCUT2D eigenvalue weighted by Crippen LogP contribution is 2.19. The second-order valence-electron chi connectivity index (χ2n) is 6.32. The van der Waals surface area contributed by atoms with Crippen LogP contribution in [-0.4, -0.2) is 20.7 Å². The van der Waals surface area contributed by atoms with Crippen molar-refractivity contribution in [1.29, 1.82) is 0 Å². The SMILES string of the molecule is Cc1cccc(-c2n[nH]c(=S)n2CCC(=O)N[C@@H](C)c2ccccc2)c1. The Bertz CT molecular complexity index is 946.